The summed E-state index contributed by atoms with van der Waals surface area (Å²) in [5.41, 5.74) is -0.288. The summed E-state index contributed by atoms with van der Waals surface area (Å²) in [6, 6.07) is 4.96. The van der Waals surface area contributed by atoms with Gasteiger partial charge in [0, 0.05) is 12.1 Å². The predicted octanol–water partition coefficient (Wildman–Crippen LogP) is 4.02. The first kappa shape index (κ1) is 16.8. The Balaban J connectivity index is 2.95. The fraction of sp³-hybridized carbons (Fsp3) is 0.312. The van der Waals surface area contributed by atoms with Crippen LogP contribution in [0.15, 0.2) is 33.5 Å². The van der Waals surface area contributed by atoms with Gasteiger partial charge in [0.25, 0.3) is 5.56 Å². The van der Waals surface area contributed by atoms with Crippen LogP contribution in [0.25, 0.3) is 11.3 Å². The first-order valence-corrected chi connectivity index (χ1v) is 7.77. The van der Waals surface area contributed by atoms with E-state index < -0.39 is 23.3 Å². The SMILES string of the molecule is CCC(O)c1cc(Br)c(=O)n(CC)c1-c1c(F)cccc1F. The van der Waals surface area contributed by atoms with E-state index in [1.165, 1.54) is 16.7 Å². The highest BCUT2D eigenvalue weighted by Crippen LogP contribution is 2.33. The van der Waals surface area contributed by atoms with E-state index in [-0.39, 0.29) is 22.3 Å². The molecule has 0 amide bonds. The average Bonchev–Trinajstić information content (AvgIpc) is 2.49. The van der Waals surface area contributed by atoms with Gasteiger partial charge in [-0.25, -0.2) is 8.78 Å². The summed E-state index contributed by atoms with van der Waals surface area (Å²) < 4.78 is 29.9. The van der Waals surface area contributed by atoms with Crippen molar-refractivity contribution in [3.63, 3.8) is 0 Å². The second-order valence-corrected chi connectivity index (χ2v) is 5.72. The number of aliphatic hydroxyl groups is 1. The molecule has 0 aliphatic carbocycles. The quantitative estimate of drug-likeness (QED) is 0.881. The zero-order chi connectivity index (χ0) is 16.4. The summed E-state index contributed by atoms with van der Waals surface area (Å²) in [5, 5.41) is 10.2. The standard InChI is InChI=1S/C16H16BrF2NO2/c1-3-13(21)9-8-10(17)16(22)20(4-2)15(9)14-11(18)6-5-7-12(14)19/h5-8,13,21H,3-4H2,1-2H3. The highest BCUT2D eigenvalue weighted by Gasteiger charge is 2.23. The molecular weight excluding hydrogens is 356 g/mol. The first-order valence-electron chi connectivity index (χ1n) is 6.98. The van der Waals surface area contributed by atoms with E-state index in [9.17, 15) is 18.7 Å². The van der Waals surface area contributed by atoms with Crippen LogP contribution in [0, 0.1) is 11.6 Å². The third kappa shape index (κ3) is 2.85. The minimum Gasteiger partial charge on any atom is -0.388 e. The lowest BCUT2D eigenvalue weighted by Crippen LogP contribution is -2.24. The third-order valence-corrected chi connectivity index (χ3v) is 4.10. The molecule has 0 saturated heterocycles. The molecule has 1 atom stereocenters. The molecule has 0 aliphatic rings. The molecule has 2 rings (SSSR count). The summed E-state index contributed by atoms with van der Waals surface area (Å²) in [4.78, 5) is 12.3. The van der Waals surface area contributed by atoms with Crippen molar-refractivity contribution in [2.75, 3.05) is 0 Å². The van der Waals surface area contributed by atoms with Gasteiger partial charge in [0.05, 0.1) is 21.8 Å². The summed E-state index contributed by atoms with van der Waals surface area (Å²) in [5.74, 6) is -1.54. The molecular formula is C16H16BrF2NO2. The summed E-state index contributed by atoms with van der Waals surface area (Å²) in [7, 11) is 0. The van der Waals surface area contributed by atoms with Crippen LogP contribution >= 0.6 is 15.9 Å². The molecule has 1 heterocycles. The number of aliphatic hydroxyl groups excluding tert-OH is 1. The maximum atomic E-state index is 14.2. The Morgan fingerprint density at radius 1 is 1.27 bits per heavy atom. The molecule has 3 nitrogen and oxygen atoms in total. The largest absolute Gasteiger partial charge is 0.388 e. The zero-order valence-corrected chi connectivity index (χ0v) is 13.8. The highest BCUT2D eigenvalue weighted by molar-refractivity contribution is 9.10. The van der Waals surface area contributed by atoms with E-state index >= 15 is 0 Å². The van der Waals surface area contributed by atoms with E-state index in [2.05, 4.69) is 15.9 Å². The molecule has 118 valence electrons. The number of hydrogen-bond donors (Lipinski definition) is 1. The van der Waals surface area contributed by atoms with Crippen LogP contribution in [0.4, 0.5) is 8.78 Å². The molecule has 0 saturated carbocycles. The molecule has 22 heavy (non-hydrogen) atoms. The first-order chi connectivity index (χ1) is 10.4. The molecule has 0 spiro atoms. The Morgan fingerprint density at radius 3 is 2.36 bits per heavy atom. The number of nitrogens with zero attached hydrogens (tertiary/aromatic N) is 1. The van der Waals surface area contributed by atoms with E-state index in [4.69, 9.17) is 0 Å². The van der Waals surface area contributed by atoms with Crippen LogP contribution in [-0.4, -0.2) is 9.67 Å². The minimum absolute atomic E-state index is 0.0839. The summed E-state index contributed by atoms with van der Waals surface area (Å²) >= 11 is 3.15. The van der Waals surface area contributed by atoms with Gasteiger partial charge in [0.15, 0.2) is 0 Å². The van der Waals surface area contributed by atoms with E-state index in [1.807, 2.05) is 0 Å². The second kappa shape index (κ2) is 6.71. The van der Waals surface area contributed by atoms with Gasteiger partial charge < -0.3 is 9.67 Å². The topological polar surface area (TPSA) is 42.2 Å². The second-order valence-electron chi connectivity index (χ2n) is 4.87. The Labute approximate surface area is 135 Å². The molecule has 6 heteroatoms. The van der Waals surface area contributed by atoms with Crippen LogP contribution in [-0.2, 0) is 6.54 Å². The number of halogens is 3. The smallest absolute Gasteiger partial charge is 0.265 e. The average molecular weight is 372 g/mol. The lowest BCUT2D eigenvalue weighted by atomic mass is 9.98. The monoisotopic (exact) mass is 371 g/mol. The van der Waals surface area contributed by atoms with Crippen LogP contribution in [0.5, 0.6) is 0 Å². The molecule has 0 aliphatic heterocycles. The molecule has 0 fully saturated rings. The van der Waals surface area contributed by atoms with Crippen molar-refractivity contribution in [1.29, 1.82) is 0 Å². The van der Waals surface area contributed by atoms with Gasteiger partial charge in [-0.3, -0.25) is 4.79 Å². The van der Waals surface area contributed by atoms with Crippen molar-refractivity contribution < 1.29 is 13.9 Å². The lowest BCUT2D eigenvalue weighted by Gasteiger charge is -2.20. The molecule has 0 bridgehead atoms. The lowest BCUT2D eigenvalue weighted by molar-refractivity contribution is 0.173. The number of aromatic nitrogens is 1. The minimum atomic E-state index is -0.927. The molecule has 1 aromatic carbocycles. The maximum absolute atomic E-state index is 14.2. The van der Waals surface area contributed by atoms with Crippen LogP contribution in [0.1, 0.15) is 31.9 Å². The van der Waals surface area contributed by atoms with Gasteiger partial charge in [-0.05, 0) is 47.5 Å². The number of hydrogen-bond acceptors (Lipinski definition) is 2. The van der Waals surface area contributed by atoms with E-state index in [0.717, 1.165) is 12.1 Å². The van der Waals surface area contributed by atoms with Gasteiger partial charge in [-0.15, -0.1) is 0 Å². The van der Waals surface area contributed by atoms with Gasteiger partial charge in [-0.1, -0.05) is 13.0 Å². The summed E-state index contributed by atoms with van der Waals surface area (Å²) in [6.07, 6.45) is -0.569. The van der Waals surface area contributed by atoms with Crippen molar-refractivity contribution >= 4 is 15.9 Å². The molecule has 1 N–H and O–H groups in total. The predicted molar refractivity (Wildman–Crippen MR) is 84.7 cm³/mol. The Bertz CT molecular complexity index is 738. The Kier molecular flexibility index (Phi) is 5.13. The number of pyridine rings is 1. The molecule has 0 radical (unpaired) electrons. The zero-order valence-electron chi connectivity index (χ0n) is 12.2. The van der Waals surface area contributed by atoms with Crippen molar-refractivity contribution in [1.82, 2.24) is 4.57 Å². The van der Waals surface area contributed by atoms with E-state index in [0.29, 0.717) is 12.0 Å². The van der Waals surface area contributed by atoms with Crippen LogP contribution in [0.2, 0.25) is 0 Å². The fourth-order valence-electron chi connectivity index (χ4n) is 2.43. The number of rotatable bonds is 4. The Hall–Kier alpha value is -1.53. The van der Waals surface area contributed by atoms with Gasteiger partial charge in [0.2, 0.25) is 0 Å². The number of benzene rings is 1. The van der Waals surface area contributed by atoms with Crippen molar-refractivity contribution in [3.8, 4) is 11.3 Å². The maximum Gasteiger partial charge on any atom is 0.265 e. The third-order valence-electron chi connectivity index (χ3n) is 3.54. The Morgan fingerprint density at radius 2 is 1.86 bits per heavy atom. The fourth-order valence-corrected chi connectivity index (χ4v) is 2.89. The van der Waals surface area contributed by atoms with Gasteiger partial charge >= 0.3 is 0 Å². The van der Waals surface area contributed by atoms with Crippen LogP contribution < -0.4 is 5.56 Å². The van der Waals surface area contributed by atoms with Crippen molar-refractivity contribution in [2.24, 2.45) is 0 Å². The molecule has 2 aromatic rings. The van der Waals surface area contributed by atoms with Crippen LogP contribution in [0.3, 0.4) is 0 Å². The van der Waals surface area contributed by atoms with Gasteiger partial charge in [0.1, 0.15) is 11.6 Å². The highest BCUT2D eigenvalue weighted by atomic mass is 79.9. The molecule has 1 unspecified atom stereocenters. The van der Waals surface area contributed by atoms with Gasteiger partial charge in [-0.2, -0.15) is 0 Å². The van der Waals surface area contributed by atoms with Crippen molar-refractivity contribution in [3.05, 3.63) is 56.3 Å². The molecule has 1 aromatic heterocycles. The van der Waals surface area contributed by atoms with Crippen molar-refractivity contribution in [2.45, 2.75) is 32.9 Å². The normalized spacial score (nSPS) is 12.5. The summed E-state index contributed by atoms with van der Waals surface area (Å²) in [6.45, 7) is 3.68. The van der Waals surface area contributed by atoms with E-state index in [1.54, 1.807) is 13.8 Å².